The van der Waals surface area contributed by atoms with Gasteiger partial charge in [-0.1, -0.05) is 0 Å². The van der Waals surface area contributed by atoms with E-state index in [0.29, 0.717) is 34.7 Å². The highest BCUT2D eigenvalue weighted by Gasteiger charge is 2.15. The first-order chi connectivity index (χ1) is 9.99. The largest absolute Gasteiger partial charge is 0.493 e. The second kappa shape index (κ2) is 8.89. The van der Waals surface area contributed by atoms with Crippen molar-refractivity contribution >= 4 is 21.8 Å². The molecule has 0 aliphatic heterocycles. The number of amides is 1. The predicted octanol–water partition coefficient (Wildman–Crippen LogP) is 1.12. The first-order valence-corrected chi connectivity index (χ1v) is 7.86. The number of benzene rings is 1. The zero-order chi connectivity index (χ0) is 15.8. The van der Waals surface area contributed by atoms with Gasteiger partial charge in [0.2, 0.25) is 0 Å². The van der Waals surface area contributed by atoms with Crippen LogP contribution in [0.1, 0.15) is 23.7 Å². The van der Waals surface area contributed by atoms with E-state index in [9.17, 15) is 4.79 Å². The van der Waals surface area contributed by atoms with E-state index >= 15 is 0 Å². The molecule has 118 valence electrons. The van der Waals surface area contributed by atoms with Crippen molar-refractivity contribution in [3.8, 4) is 11.5 Å². The van der Waals surface area contributed by atoms with Gasteiger partial charge in [-0.05, 0) is 35.0 Å². The molecule has 0 atom stereocenters. The van der Waals surface area contributed by atoms with Crippen molar-refractivity contribution in [2.24, 2.45) is 0 Å². The summed E-state index contributed by atoms with van der Waals surface area (Å²) in [6, 6.07) is 3.45. The maximum atomic E-state index is 12.1. The Bertz CT molecular complexity index is 478. The lowest BCUT2D eigenvalue weighted by Crippen LogP contribution is -3.05. The third-order valence-electron chi connectivity index (χ3n) is 2.92. The molecule has 5 nitrogen and oxygen atoms in total. The van der Waals surface area contributed by atoms with Crippen LogP contribution in [0.2, 0.25) is 0 Å². The maximum absolute atomic E-state index is 12.1. The Morgan fingerprint density at radius 3 is 2.67 bits per heavy atom. The summed E-state index contributed by atoms with van der Waals surface area (Å²) in [7, 11) is 5.75. The van der Waals surface area contributed by atoms with Gasteiger partial charge in [0.15, 0.2) is 11.5 Å². The molecule has 1 aromatic carbocycles. The van der Waals surface area contributed by atoms with Gasteiger partial charge in [-0.2, -0.15) is 0 Å². The van der Waals surface area contributed by atoms with Crippen molar-refractivity contribution in [3.63, 3.8) is 0 Å². The average Bonchev–Trinajstić information content (AvgIpc) is 2.45. The molecule has 0 fully saturated rings. The van der Waals surface area contributed by atoms with Crippen molar-refractivity contribution in [2.75, 3.05) is 40.9 Å². The highest BCUT2D eigenvalue weighted by molar-refractivity contribution is 9.10. The fourth-order valence-electron chi connectivity index (χ4n) is 1.88. The van der Waals surface area contributed by atoms with Crippen molar-refractivity contribution in [3.05, 3.63) is 22.2 Å². The number of nitrogens with one attached hydrogen (secondary N) is 2. The summed E-state index contributed by atoms with van der Waals surface area (Å²) in [6.45, 7) is 4.13. The molecule has 1 rings (SSSR count). The summed E-state index contributed by atoms with van der Waals surface area (Å²) in [5.74, 6) is 1.06. The molecule has 0 radical (unpaired) electrons. The molecule has 0 saturated carbocycles. The summed E-state index contributed by atoms with van der Waals surface area (Å²) in [4.78, 5) is 13.5. The van der Waals surface area contributed by atoms with Gasteiger partial charge in [0, 0.05) is 18.5 Å². The molecule has 0 aliphatic carbocycles. The van der Waals surface area contributed by atoms with Crippen LogP contribution in [0.5, 0.6) is 11.5 Å². The number of halogens is 1. The summed E-state index contributed by atoms with van der Waals surface area (Å²) in [6.07, 6.45) is 0.948. The van der Waals surface area contributed by atoms with E-state index in [0.717, 1.165) is 13.0 Å². The van der Waals surface area contributed by atoms with Gasteiger partial charge in [-0.25, -0.2) is 0 Å². The Hall–Kier alpha value is -1.27. The predicted molar refractivity (Wildman–Crippen MR) is 86.5 cm³/mol. The summed E-state index contributed by atoms with van der Waals surface area (Å²) in [5.41, 5.74) is 0.555. The first-order valence-electron chi connectivity index (χ1n) is 7.07. The molecule has 0 aliphatic rings. The Balaban J connectivity index is 2.74. The smallest absolute Gasteiger partial charge is 0.251 e. The van der Waals surface area contributed by atoms with E-state index in [1.165, 1.54) is 4.90 Å². The lowest BCUT2D eigenvalue weighted by Gasteiger charge is -2.13. The lowest BCUT2D eigenvalue weighted by molar-refractivity contribution is -0.858. The minimum absolute atomic E-state index is 0.106. The summed E-state index contributed by atoms with van der Waals surface area (Å²) in [5, 5.41) is 2.91. The number of carbonyl (C=O) groups is 1. The Labute approximate surface area is 134 Å². The van der Waals surface area contributed by atoms with Gasteiger partial charge in [0.1, 0.15) is 0 Å². The van der Waals surface area contributed by atoms with Crippen LogP contribution < -0.4 is 19.7 Å². The van der Waals surface area contributed by atoms with Crippen molar-refractivity contribution < 1.29 is 19.2 Å². The van der Waals surface area contributed by atoms with Crippen molar-refractivity contribution in [2.45, 2.75) is 13.3 Å². The van der Waals surface area contributed by atoms with Gasteiger partial charge in [-0.3, -0.25) is 4.79 Å². The van der Waals surface area contributed by atoms with Crippen LogP contribution in [0, 0.1) is 0 Å². The molecule has 0 unspecified atom stereocenters. The number of carbonyl (C=O) groups excluding carboxylic acids is 1. The number of hydrogen-bond donors (Lipinski definition) is 2. The van der Waals surface area contributed by atoms with Gasteiger partial charge < -0.3 is 19.7 Å². The molecule has 1 amide bonds. The third-order valence-corrected chi connectivity index (χ3v) is 3.51. The number of hydrogen-bond acceptors (Lipinski definition) is 3. The van der Waals surface area contributed by atoms with Crippen LogP contribution in [0.25, 0.3) is 0 Å². The van der Waals surface area contributed by atoms with E-state index in [-0.39, 0.29) is 5.91 Å². The van der Waals surface area contributed by atoms with Crippen LogP contribution >= 0.6 is 15.9 Å². The molecule has 21 heavy (non-hydrogen) atoms. The van der Waals surface area contributed by atoms with Crippen LogP contribution in [-0.4, -0.2) is 46.8 Å². The Morgan fingerprint density at radius 2 is 2.10 bits per heavy atom. The van der Waals surface area contributed by atoms with E-state index < -0.39 is 0 Å². The van der Waals surface area contributed by atoms with Gasteiger partial charge in [0.05, 0.1) is 38.8 Å². The number of ether oxygens (including phenoxy) is 2. The summed E-state index contributed by atoms with van der Waals surface area (Å²) >= 11 is 3.42. The molecule has 0 saturated heterocycles. The monoisotopic (exact) mass is 359 g/mol. The van der Waals surface area contributed by atoms with E-state index in [4.69, 9.17) is 9.47 Å². The van der Waals surface area contributed by atoms with Crippen LogP contribution in [0.3, 0.4) is 0 Å². The molecule has 0 bridgehead atoms. The SMILES string of the molecule is CCOc1c(Br)cc(C(=O)NCCC[NH+](C)C)cc1OC. The quantitative estimate of drug-likeness (QED) is 0.684. The molecule has 2 N–H and O–H groups in total. The minimum Gasteiger partial charge on any atom is -0.493 e. The van der Waals surface area contributed by atoms with Gasteiger partial charge >= 0.3 is 0 Å². The molecule has 1 aromatic rings. The molecular weight excluding hydrogens is 336 g/mol. The van der Waals surface area contributed by atoms with Crippen LogP contribution in [-0.2, 0) is 0 Å². The summed E-state index contributed by atoms with van der Waals surface area (Å²) < 4.78 is 11.5. The fourth-order valence-corrected chi connectivity index (χ4v) is 2.44. The highest BCUT2D eigenvalue weighted by Crippen LogP contribution is 2.36. The molecule has 0 spiro atoms. The molecule has 0 aromatic heterocycles. The second-order valence-electron chi connectivity index (χ2n) is 4.99. The van der Waals surface area contributed by atoms with E-state index in [1.807, 2.05) is 6.92 Å². The standard InChI is InChI=1S/C15H23BrN2O3/c1-5-21-14-12(16)9-11(10-13(14)20-4)15(19)17-7-6-8-18(2)3/h9-10H,5-8H2,1-4H3,(H,17,19)/p+1. The first kappa shape index (κ1) is 17.8. The Kier molecular flexibility index (Phi) is 7.53. The molecule has 0 heterocycles. The van der Waals surface area contributed by atoms with E-state index in [1.54, 1.807) is 19.2 Å². The number of rotatable bonds is 8. The Morgan fingerprint density at radius 1 is 1.38 bits per heavy atom. The van der Waals surface area contributed by atoms with Crippen LogP contribution in [0.15, 0.2) is 16.6 Å². The van der Waals surface area contributed by atoms with Gasteiger partial charge in [0.25, 0.3) is 5.91 Å². The second-order valence-corrected chi connectivity index (χ2v) is 5.84. The number of quaternary nitrogens is 1. The zero-order valence-electron chi connectivity index (χ0n) is 13.1. The minimum atomic E-state index is -0.106. The average molecular weight is 360 g/mol. The van der Waals surface area contributed by atoms with Crippen molar-refractivity contribution in [1.29, 1.82) is 0 Å². The van der Waals surface area contributed by atoms with Crippen molar-refractivity contribution in [1.82, 2.24) is 5.32 Å². The third kappa shape index (κ3) is 5.55. The van der Waals surface area contributed by atoms with Gasteiger partial charge in [-0.15, -0.1) is 0 Å². The topological polar surface area (TPSA) is 52.0 Å². The normalized spacial score (nSPS) is 10.6. The molecule has 6 heteroatoms. The lowest BCUT2D eigenvalue weighted by atomic mass is 10.2. The molecular formula is C15H24BrN2O3+. The maximum Gasteiger partial charge on any atom is 0.251 e. The number of methoxy groups -OCH3 is 1. The van der Waals surface area contributed by atoms with Crippen LogP contribution in [0.4, 0.5) is 0 Å². The fraction of sp³-hybridized carbons (Fsp3) is 0.533. The zero-order valence-corrected chi connectivity index (χ0v) is 14.7. The highest BCUT2D eigenvalue weighted by atomic mass is 79.9. The van der Waals surface area contributed by atoms with E-state index in [2.05, 4.69) is 35.3 Å².